The number of ether oxygens (including phenoxy) is 1. The van der Waals surface area contributed by atoms with Crippen LogP contribution in [-0.2, 0) is 20.7 Å². The van der Waals surface area contributed by atoms with E-state index in [1.165, 1.54) is 72.7 Å². The van der Waals surface area contributed by atoms with Crippen molar-refractivity contribution in [2.24, 2.45) is 23.5 Å². The molecule has 0 unspecified atom stereocenters. The average Bonchev–Trinajstić information content (AvgIpc) is 3.25. The number of nitrogens with two attached hydrogens (primary N) is 1. The predicted octanol–water partition coefficient (Wildman–Crippen LogP) is 6.60. The van der Waals surface area contributed by atoms with Crippen molar-refractivity contribution < 1.29 is 26.7 Å². The number of benzene rings is 3. The topological polar surface area (TPSA) is 102 Å². The van der Waals surface area contributed by atoms with Gasteiger partial charge < -0.3 is 15.4 Å². The van der Waals surface area contributed by atoms with E-state index < -0.39 is 33.5 Å². The summed E-state index contributed by atoms with van der Waals surface area (Å²) in [6.07, 6.45) is 7.43. The summed E-state index contributed by atoms with van der Waals surface area (Å²) in [7, 11) is -4.53. The normalized spacial score (nSPS) is 22.9. The van der Waals surface area contributed by atoms with Crippen LogP contribution in [0.25, 0.3) is 11.1 Å². The fourth-order valence-corrected chi connectivity index (χ4v) is 8.42. The lowest BCUT2D eigenvalue weighted by Crippen LogP contribution is -2.60. The van der Waals surface area contributed by atoms with Crippen LogP contribution in [0.4, 0.5) is 8.78 Å². The van der Waals surface area contributed by atoms with Gasteiger partial charge in [-0.3, -0.25) is 4.79 Å². The first-order chi connectivity index (χ1) is 22.0. The van der Waals surface area contributed by atoms with Gasteiger partial charge in [0.1, 0.15) is 5.75 Å². The second-order valence-corrected chi connectivity index (χ2v) is 15.1. The van der Waals surface area contributed by atoms with Gasteiger partial charge >= 0.3 is 0 Å². The largest absolute Gasteiger partial charge is 0.493 e. The smallest absolute Gasteiger partial charge is 0.298 e. The van der Waals surface area contributed by atoms with Gasteiger partial charge in [-0.15, -0.1) is 0 Å². The summed E-state index contributed by atoms with van der Waals surface area (Å²) in [6, 6.07) is 15.7. The van der Waals surface area contributed by atoms with Crippen molar-refractivity contribution in [1.82, 2.24) is 9.62 Å². The molecule has 3 N–H and O–H groups in total. The van der Waals surface area contributed by atoms with E-state index >= 15 is 8.78 Å². The molecule has 1 aliphatic heterocycles. The first-order valence-corrected chi connectivity index (χ1v) is 17.9. The van der Waals surface area contributed by atoms with Gasteiger partial charge in [-0.25, -0.2) is 8.42 Å². The van der Waals surface area contributed by atoms with E-state index in [-0.39, 0.29) is 35.9 Å². The number of nitrogens with zero attached hydrogens (tertiary/aromatic N) is 1. The molecule has 7 nitrogen and oxygen atoms in total. The van der Waals surface area contributed by atoms with Crippen LogP contribution in [0.3, 0.4) is 0 Å². The number of amides is 1. The van der Waals surface area contributed by atoms with Crippen LogP contribution in [0.15, 0.2) is 77.7 Å². The standard InChI is InChI=1S/C35H40ClF2N3O4S/c36-29-14-10-25(11-15-29)24-8-12-28(13-9-24)35(37,38)33(34(42)41-20-26-6-7-27(21-41)32(26)39)40-46(43,44)31-18-16-30(17-19-31)45-22-23-4-2-1-3-5-23/h8-19,23,26-27,32-33,40H,1-7,20-22,39H2/t26-,27+,32+,33-/m0/s1. The maximum atomic E-state index is 16.5. The number of halogens is 3. The molecule has 1 heterocycles. The molecule has 1 amide bonds. The highest BCUT2D eigenvalue weighted by molar-refractivity contribution is 7.89. The van der Waals surface area contributed by atoms with Crippen LogP contribution in [0, 0.1) is 17.8 Å². The average molecular weight is 672 g/mol. The van der Waals surface area contributed by atoms with E-state index in [0.29, 0.717) is 28.9 Å². The molecule has 3 fully saturated rings. The fraction of sp³-hybridized carbons (Fsp3) is 0.457. The minimum Gasteiger partial charge on any atom is -0.493 e. The molecule has 2 bridgehead atoms. The summed E-state index contributed by atoms with van der Waals surface area (Å²) in [4.78, 5) is 15.0. The van der Waals surface area contributed by atoms with Gasteiger partial charge in [-0.05, 0) is 91.0 Å². The minimum absolute atomic E-state index is 0.00612. The lowest BCUT2D eigenvalue weighted by Gasteiger charge is -2.39. The maximum Gasteiger partial charge on any atom is 0.298 e. The Morgan fingerprint density at radius 3 is 2.04 bits per heavy atom. The molecule has 6 rings (SSSR count). The third-order valence-corrected chi connectivity index (χ3v) is 11.6. The van der Waals surface area contributed by atoms with Crippen molar-refractivity contribution in [3.05, 3.63) is 83.4 Å². The monoisotopic (exact) mass is 671 g/mol. The van der Waals surface area contributed by atoms with Gasteiger partial charge in [-0.1, -0.05) is 67.3 Å². The number of carbonyl (C=O) groups is 1. The molecular formula is C35H40ClF2N3O4S. The molecule has 4 atom stereocenters. The van der Waals surface area contributed by atoms with E-state index in [1.54, 1.807) is 24.3 Å². The molecule has 46 heavy (non-hydrogen) atoms. The van der Waals surface area contributed by atoms with E-state index in [4.69, 9.17) is 22.1 Å². The van der Waals surface area contributed by atoms with Gasteiger partial charge in [0, 0.05) is 29.7 Å². The van der Waals surface area contributed by atoms with E-state index in [0.717, 1.165) is 31.2 Å². The molecule has 0 radical (unpaired) electrons. The highest BCUT2D eigenvalue weighted by Gasteiger charge is 2.52. The molecular weight excluding hydrogens is 632 g/mol. The zero-order valence-corrected chi connectivity index (χ0v) is 27.2. The van der Waals surface area contributed by atoms with Gasteiger partial charge in [0.25, 0.3) is 5.92 Å². The maximum absolute atomic E-state index is 16.5. The van der Waals surface area contributed by atoms with Crippen molar-refractivity contribution in [3.8, 4) is 16.9 Å². The highest BCUT2D eigenvalue weighted by atomic mass is 35.5. The Balaban J connectivity index is 1.24. The summed E-state index contributed by atoms with van der Waals surface area (Å²) in [6.45, 7) is 0.978. The van der Waals surface area contributed by atoms with Crippen molar-refractivity contribution in [3.63, 3.8) is 0 Å². The van der Waals surface area contributed by atoms with E-state index in [9.17, 15) is 13.2 Å². The molecule has 1 saturated heterocycles. The fourth-order valence-electron chi connectivity index (χ4n) is 7.11. The van der Waals surface area contributed by atoms with Crippen LogP contribution in [0.2, 0.25) is 5.02 Å². The zero-order valence-electron chi connectivity index (χ0n) is 25.6. The highest BCUT2D eigenvalue weighted by Crippen LogP contribution is 2.39. The van der Waals surface area contributed by atoms with Crippen LogP contribution in [0.1, 0.15) is 50.5 Å². The van der Waals surface area contributed by atoms with Gasteiger partial charge in [-0.2, -0.15) is 13.5 Å². The van der Waals surface area contributed by atoms with E-state index in [1.807, 2.05) is 0 Å². The Kier molecular flexibility index (Phi) is 9.71. The molecule has 3 aromatic rings. The molecule has 11 heteroatoms. The Morgan fingerprint density at radius 2 is 1.46 bits per heavy atom. The third-order valence-electron chi connectivity index (χ3n) is 9.89. The van der Waals surface area contributed by atoms with Gasteiger partial charge in [0.2, 0.25) is 15.9 Å². The van der Waals surface area contributed by atoms with Crippen molar-refractivity contribution in [2.75, 3.05) is 19.7 Å². The molecule has 2 saturated carbocycles. The van der Waals surface area contributed by atoms with Crippen molar-refractivity contribution in [1.29, 1.82) is 0 Å². The molecule has 3 aromatic carbocycles. The SMILES string of the molecule is N[C@H]1[C@@H]2CC[C@H]1CN(C(=O)[C@H](NS(=O)(=O)c1ccc(OCC3CCCCC3)cc1)C(F)(F)c1ccc(-c3ccc(Cl)cc3)cc1)C2. The van der Waals surface area contributed by atoms with Gasteiger partial charge in [0.05, 0.1) is 11.5 Å². The van der Waals surface area contributed by atoms with Crippen LogP contribution >= 0.6 is 11.6 Å². The molecule has 246 valence electrons. The number of rotatable bonds is 10. The number of hydrogen-bond acceptors (Lipinski definition) is 5. The number of nitrogens with one attached hydrogen (secondary N) is 1. The number of alkyl halides is 2. The summed E-state index contributed by atoms with van der Waals surface area (Å²) >= 11 is 5.99. The Morgan fingerprint density at radius 1 is 0.891 bits per heavy atom. The van der Waals surface area contributed by atoms with Crippen LogP contribution < -0.4 is 15.2 Å². The number of sulfonamides is 1. The first kappa shape index (κ1) is 32.9. The summed E-state index contributed by atoms with van der Waals surface area (Å²) in [5, 5.41) is 0.550. The van der Waals surface area contributed by atoms with Crippen molar-refractivity contribution >= 4 is 27.5 Å². The Bertz CT molecular complexity index is 1600. The molecule has 2 aliphatic carbocycles. The summed E-state index contributed by atoms with van der Waals surface area (Å²) < 4.78 is 68.1. The minimum atomic E-state index is -4.53. The molecule has 0 aromatic heterocycles. The molecule has 3 aliphatic rings. The lowest BCUT2D eigenvalue weighted by atomic mass is 9.90. The lowest BCUT2D eigenvalue weighted by molar-refractivity contribution is -0.146. The van der Waals surface area contributed by atoms with E-state index in [2.05, 4.69) is 4.72 Å². The number of carbonyl (C=O) groups excluding carboxylic acids is 1. The van der Waals surface area contributed by atoms with Crippen molar-refractivity contribution in [2.45, 2.75) is 67.8 Å². The zero-order chi connectivity index (χ0) is 32.5. The Labute approximate surface area is 274 Å². The number of piperidine rings is 1. The van der Waals surface area contributed by atoms with Gasteiger partial charge in [0.15, 0.2) is 6.04 Å². The number of fused-ring (bicyclic) bond motifs is 2. The van der Waals surface area contributed by atoms with Crippen LogP contribution in [-0.4, -0.2) is 51.0 Å². The summed E-state index contributed by atoms with van der Waals surface area (Å²) in [5.74, 6) is -3.88. The van der Waals surface area contributed by atoms with Crippen LogP contribution in [0.5, 0.6) is 5.75 Å². The number of likely N-dealkylation sites (tertiary alicyclic amines) is 1. The number of hydrogen-bond donors (Lipinski definition) is 2. The Hall–Kier alpha value is -3.05. The third kappa shape index (κ3) is 7.10. The first-order valence-electron chi connectivity index (χ1n) is 16.0. The predicted molar refractivity (Wildman–Crippen MR) is 174 cm³/mol. The second kappa shape index (κ2) is 13.6. The second-order valence-electron chi connectivity index (χ2n) is 13.0. The summed E-state index contributed by atoms with van der Waals surface area (Å²) in [5.41, 5.74) is 7.28. The molecule has 0 spiro atoms. The quantitative estimate of drug-likeness (QED) is 0.253.